The van der Waals surface area contributed by atoms with E-state index in [2.05, 4.69) is 20.4 Å². The van der Waals surface area contributed by atoms with E-state index in [1.807, 2.05) is 24.3 Å². The molecule has 27 heavy (non-hydrogen) atoms. The van der Waals surface area contributed by atoms with Gasteiger partial charge in [0, 0.05) is 18.8 Å². The van der Waals surface area contributed by atoms with Gasteiger partial charge in [-0.25, -0.2) is 10.4 Å². The van der Waals surface area contributed by atoms with Crippen molar-refractivity contribution in [2.45, 2.75) is 0 Å². The van der Waals surface area contributed by atoms with Gasteiger partial charge < -0.3 is 15.4 Å². The zero-order chi connectivity index (χ0) is 19.4. The molecule has 10 heteroatoms. The largest absolute Gasteiger partial charge is 0.396 e. The fraction of sp³-hybridized carbons (Fsp3) is 0.235. The number of nitrogens with zero attached hydrogens (tertiary/aromatic N) is 3. The third-order valence-electron chi connectivity index (χ3n) is 3.94. The van der Waals surface area contributed by atoms with Gasteiger partial charge in [0.25, 0.3) is 5.91 Å². The van der Waals surface area contributed by atoms with Gasteiger partial charge in [0.05, 0.1) is 30.1 Å². The first-order chi connectivity index (χ1) is 13.0. The molecule has 2 heterocycles. The van der Waals surface area contributed by atoms with Crippen LogP contribution in [-0.2, 0) is 4.74 Å². The zero-order valence-corrected chi connectivity index (χ0v) is 16.4. The molecule has 1 amide bonds. The molecule has 0 bridgehead atoms. The Balaban J connectivity index is 1.64. The number of carbonyl (C=O) groups is 1. The van der Waals surface area contributed by atoms with Gasteiger partial charge in [-0.3, -0.25) is 4.79 Å². The van der Waals surface area contributed by atoms with Gasteiger partial charge in [0.2, 0.25) is 0 Å². The highest BCUT2D eigenvalue weighted by Crippen LogP contribution is 2.34. The van der Waals surface area contributed by atoms with Crippen LogP contribution in [0.1, 0.15) is 16.1 Å². The van der Waals surface area contributed by atoms with Crippen molar-refractivity contribution in [1.82, 2.24) is 10.4 Å². The highest BCUT2D eigenvalue weighted by Gasteiger charge is 2.19. The van der Waals surface area contributed by atoms with E-state index in [1.54, 1.807) is 0 Å². The summed E-state index contributed by atoms with van der Waals surface area (Å²) in [5, 5.41) is 3.73. The van der Waals surface area contributed by atoms with Crippen molar-refractivity contribution < 1.29 is 9.53 Å². The summed E-state index contributed by atoms with van der Waals surface area (Å²) >= 11 is 17.7. The topological polar surface area (TPSA) is 92.8 Å². The van der Waals surface area contributed by atoms with Crippen LogP contribution in [0, 0.1) is 0 Å². The fourth-order valence-corrected chi connectivity index (χ4v) is 3.09. The van der Waals surface area contributed by atoms with Crippen LogP contribution in [0.15, 0.2) is 29.4 Å². The molecule has 1 aliphatic heterocycles. The Morgan fingerprint density at radius 3 is 2.52 bits per heavy atom. The summed E-state index contributed by atoms with van der Waals surface area (Å²) < 4.78 is 5.35. The zero-order valence-electron chi connectivity index (χ0n) is 14.1. The molecule has 1 saturated heterocycles. The van der Waals surface area contributed by atoms with Crippen molar-refractivity contribution in [2.75, 3.05) is 36.9 Å². The number of aromatic nitrogens is 1. The van der Waals surface area contributed by atoms with Gasteiger partial charge >= 0.3 is 0 Å². The average molecular weight is 429 g/mol. The molecule has 2 aromatic rings. The first kappa shape index (κ1) is 19.7. The monoisotopic (exact) mass is 427 g/mol. The summed E-state index contributed by atoms with van der Waals surface area (Å²) in [6, 6.07) is 7.80. The number of hydrogen-bond donors (Lipinski definition) is 2. The number of ether oxygens (including phenoxy) is 1. The first-order valence-corrected chi connectivity index (χ1v) is 9.17. The molecule has 0 radical (unpaired) electrons. The Kier molecular flexibility index (Phi) is 6.38. The van der Waals surface area contributed by atoms with Crippen LogP contribution < -0.4 is 16.1 Å². The van der Waals surface area contributed by atoms with Crippen LogP contribution in [-0.4, -0.2) is 43.4 Å². The minimum Gasteiger partial charge on any atom is -0.396 e. The fourth-order valence-electron chi connectivity index (χ4n) is 2.49. The van der Waals surface area contributed by atoms with Crippen LogP contribution in [0.3, 0.4) is 0 Å². The Hall–Kier alpha value is -2.06. The van der Waals surface area contributed by atoms with E-state index in [-0.39, 0.29) is 26.6 Å². The molecule has 1 aromatic heterocycles. The Bertz CT molecular complexity index is 868. The lowest BCUT2D eigenvalue weighted by Crippen LogP contribution is -2.36. The van der Waals surface area contributed by atoms with Gasteiger partial charge in [-0.1, -0.05) is 46.9 Å². The Labute approximate surface area is 171 Å². The molecule has 0 unspecified atom stereocenters. The van der Waals surface area contributed by atoms with E-state index in [9.17, 15) is 4.79 Å². The highest BCUT2D eigenvalue weighted by atomic mass is 35.5. The second-order valence-corrected chi connectivity index (χ2v) is 6.80. The number of nitrogens with one attached hydrogen (secondary N) is 1. The second-order valence-electron chi connectivity index (χ2n) is 5.68. The van der Waals surface area contributed by atoms with Crippen molar-refractivity contribution in [2.24, 2.45) is 5.10 Å². The summed E-state index contributed by atoms with van der Waals surface area (Å²) in [5.74, 6) is -0.647. The maximum absolute atomic E-state index is 12.2. The number of halogens is 3. The molecule has 1 aromatic carbocycles. The lowest BCUT2D eigenvalue weighted by molar-refractivity contribution is 0.0950. The summed E-state index contributed by atoms with van der Waals surface area (Å²) in [7, 11) is 0. The van der Waals surface area contributed by atoms with E-state index >= 15 is 0 Å². The SMILES string of the molecule is Nc1c(Cl)c(Cl)nc(C(=O)NN=Cc2ccc(N3CCOCC3)cc2)c1Cl. The first-order valence-electron chi connectivity index (χ1n) is 8.03. The number of carbonyl (C=O) groups excluding carboxylic acids is 1. The number of hydrazone groups is 1. The number of nitrogens with two attached hydrogens (primary N) is 1. The van der Waals surface area contributed by atoms with Crippen molar-refractivity contribution >= 4 is 58.3 Å². The second kappa shape index (κ2) is 8.75. The summed E-state index contributed by atoms with van der Waals surface area (Å²) in [4.78, 5) is 18.3. The standard InChI is InChI=1S/C17H16Cl3N5O2/c18-12-14(21)13(19)16(20)23-15(12)17(26)24-22-9-10-1-3-11(4-2-10)25-5-7-27-8-6-25/h1-4,9H,5-8H2,(H2,21,23)(H,24,26). The Morgan fingerprint density at radius 2 is 1.85 bits per heavy atom. The van der Waals surface area contributed by atoms with Crippen LogP contribution in [0.5, 0.6) is 0 Å². The third-order valence-corrected chi connectivity index (χ3v) is 5.07. The van der Waals surface area contributed by atoms with E-state index < -0.39 is 5.91 Å². The molecular formula is C17H16Cl3N5O2. The molecular weight excluding hydrogens is 413 g/mol. The quantitative estimate of drug-likeness (QED) is 0.443. The van der Waals surface area contributed by atoms with Crippen molar-refractivity contribution in [3.63, 3.8) is 0 Å². The molecule has 0 saturated carbocycles. The van der Waals surface area contributed by atoms with E-state index in [4.69, 9.17) is 45.3 Å². The lowest BCUT2D eigenvalue weighted by atomic mass is 10.2. The molecule has 3 N–H and O–H groups in total. The number of pyridine rings is 1. The smallest absolute Gasteiger partial charge is 0.291 e. The minimum atomic E-state index is -0.647. The van der Waals surface area contributed by atoms with E-state index in [0.29, 0.717) is 0 Å². The molecule has 0 spiro atoms. The predicted octanol–water partition coefficient (Wildman–Crippen LogP) is 3.22. The van der Waals surface area contributed by atoms with Crippen molar-refractivity contribution in [3.05, 3.63) is 50.7 Å². The molecule has 0 atom stereocenters. The average Bonchev–Trinajstić information content (AvgIpc) is 2.70. The van der Waals surface area contributed by atoms with E-state index in [0.717, 1.165) is 37.6 Å². The predicted molar refractivity (Wildman–Crippen MR) is 108 cm³/mol. The summed E-state index contributed by atoms with van der Waals surface area (Å²) in [6.07, 6.45) is 1.51. The number of benzene rings is 1. The maximum atomic E-state index is 12.2. The molecule has 3 rings (SSSR count). The van der Waals surface area contributed by atoms with Crippen LogP contribution in [0.4, 0.5) is 11.4 Å². The molecule has 1 aliphatic rings. The van der Waals surface area contributed by atoms with Crippen LogP contribution in [0.25, 0.3) is 0 Å². The Morgan fingerprint density at radius 1 is 1.19 bits per heavy atom. The van der Waals surface area contributed by atoms with Gasteiger partial charge in [-0.15, -0.1) is 0 Å². The lowest BCUT2D eigenvalue weighted by Gasteiger charge is -2.28. The van der Waals surface area contributed by atoms with Gasteiger partial charge in [0.15, 0.2) is 10.8 Å². The normalized spacial score (nSPS) is 14.6. The van der Waals surface area contributed by atoms with Gasteiger partial charge in [0.1, 0.15) is 5.02 Å². The maximum Gasteiger partial charge on any atom is 0.291 e. The number of anilines is 2. The molecule has 7 nitrogen and oxygen atoms in total. The van der Waals surface area contributed by atoms with Gasteiger partial charge in [-0.05, 0) is 17.7 Å². The summed E-state index contributed by atoms with van der Waals surface area (Å²) in [6.45, 7) is 3.18. The summed E-state index contributed by atoms with van der Waals surface area (Å²) in [5.41, 5.74) is 9.81. The third kappa shape index (κ3) is 4.62. The molecule has 0 aliphatic carbocycles. The number of rotatable bonds is 4. The number of hydrogen-bond acceptors (Lipinski definition) is 6. The molecule has 142 valence electrons. The van der Waals surface area contributed by atoms with Crippen molar-refractivity contribution in [3.8, 4) is 0 Å². The van der Waals surface area contributed by atoms with Crippen LogP contribution in [0.2, 0.25) is 15.2 Å². The number of amides is 1. The molecule has 1 fully saturated rings. The van der Waals surface area contributed by atoms with Crippen LogP contribution >= 0.6 is 34.8 Å². The van der Waals surface area contributed by atoms with E-state index in [1.165, 1.54) is 6.21 Å². The number of morpholine rings is 1. The number of nitrogen functional groups attached to an aromatic ring is 1. The van der Waals surface area contributed by atoms with Crippen molar-refractivity contribution in [1.29, 1.82) is 0 Å². The minimum absolute atomic E-state index is 0.00192. The highest BCUT2D eigenvalue weighted by molar-refractivity contribution is 6.46. The van der Waals surface area contributed by atoms with Gasteiger partial charge in [-0.2, -0.15) is 5.10 Å².